The summed E-state index contributed by atoms with van der Waals surface area (Å²) in [5.41, 5.74) is 0.911. The number of aryl methyl sites for hydroxylation is 1. The van der Waals surface area contributed by atoms with Gasteiger partial charge in [-0.15, -0.1) is 0 Å². The molecule has 2 aromatic carbocycles. The number of carboxylic acids is 1. The number of halogens is 1. The molecule has 0 radical (unpaired) electrons. The fourth-order valence-corrected chi connectivity index (χ4v) is 5.51. The first-order valence-corrected chi connectivity index (χ1v) is 11.7. The number of phenolic OH excluding ortho intramolecular Hbond substituents is 1. The van der Waals surface area contributed by atoms with Crippen LogP contribution in [0.3, 0.4) is 0 Å². The number of phenols is 1. The number of aromatic nitrogens is 1. The summed E-state index contributed by atoms with van der Waals surface area (Å²) in [5, 5.41) is 20.9. The summed E-state index contributed by atoms with van der Waals surface area (Å²) in [5.74, 6) is -1.47. The fraction of sp³-hybridized carbons (Fsp3) is 0.286. The van der Waals surface area contributed by atoms with Gasteiger partial charge in [-0.2, -0.15) is 0 Å². The van der Waals surface area contributed by atoms with Crippen LogP contribution in [-0.2, 0) is 29.2 Å². The van der Waals surface area contributed by atoms with E-state index in [4.69, 9.17) is 4.74 Å². The quantitative estimate of drug-likeness (QED) is 0.501. The smallest absolute Gasteiger partial charge is 0.338 e. The molecule has 1 heterocycles. The Morgan fingerprint density at radius 2 is 1.94 bits per heavy atom. The van der Waals surface area contributed by atoms with Gasteiger partial charge in [-0.25, -0.2) is 13.2 Å². The van der Waals surface area contributed by atoms with Gasteiger partial charge in [0.05, 0.1) is 33.3 Å². The van der Waals surface area contributed by atoms with Crippen LogP contribution in [0.2, 0.25) is 0 Å². The summed E-state index contributed by atoms with van der Waals surface area (Å²) >= 11 is 3.31. The molecule has 1 aromatic heterocycles. The third kappa shape index (κ3) is 4.28. The summed E-state index contributed by atoms with van der Waals surface area (Å²) in [6.07, 6.45) is 0. The minimum absolute atomic E-state index is 0.0333. The van der Waals surface area contributed by atoms with E-state index in [2.05, 4.69) is 15.9 Å². The van der Waals surface area contributed by atoms with Crippen molar-refractivity contribution in [2.45, 2.75) is 17.2 Å². The summed E-state index contributed by atoms with van der Waals surface area (Å²) in [7, 11) is 2.77. The van der Waals surface area contributed by atoms with Crippen LogP contribution in [0.25, 0.3) is 10.9 Å². The number of aromatic hydroxyl groups is 1. The second kappa shape index (κ2) is 8.52. The molecule has 0 aliphatic rings. The summed E-state index contributed by atoms with van der Waals surface area (Å²) in [6, 6.07) is 7.64. The van der Waals surface area contributed by atoms with Crippen LogP contribution < -0.4 is 4.74 Å². The normalized spacial score (nSPS) is 11.9. The molecule has 8 nitrogen and oxygen atoms in total. The fourth-order valence-electron chi connectivity index (χ4n) is 3.61. The molecular weight excluding hydrogens is 488 g/mol. The monoisotopic (exact) mass is 510 g/mol. The molecule has 10 heteroatoms. The number of rotatable bonds is 7. The number of hydrogen-bond donors (Lipinski definition) is 2. The predicted molar refractivity (Wildman–Crippen MR) is 121 cm³/mol. The van der Waals surface area contributed by atoms with E-state index in [1.54, 1.807) is 48.8 Å². The maximum absolute atomic E-state index is 13.1. The average Bonchev–Trinajstić information content (AvgIpc) is 2.96. The van der Waals surface area contributed by atoms with E-state index >= 15 is 0 Å². The number of sulfone groups is 1. The highest BCUT2D eigenvalue weighted by atomic mass is 79.9. The van der Waals surface area contributed by atoms with E-state index in [-0.39, 0.29) is 28.4 Å². The van der Waals surface area contributed by atoms with Gasteiger partial charge in [0.15, 0.2) is 9.84 Å². The highest BCUT2D eigenvalue weighted by molar-refractivity contribution is 9.10. The van der Waals surface area contributed by atoms with Gasteiger partial charge in [-0.05, 0) is 54.3 Å². The molecule has 0 unspecified atom stereocenters. The Morgan fingerprint density at radius 1 is 1.26 bits per heavy atom. The van der Waals surface area contributed by atoms with Crippen molar-refractivity contribution in [3.63, 3.8) is 0 Å². The molecule has 0 spiro atoms. The topological polar surface area (TPSA) is 109 Å². The minimum atomic E-state index is -3.88. The number of ether oxygens (including phenoxy) is 1. The molecule has 0 atom stereocenters. The van der Waals surface area contributed by atoms with Crippen LogP contribution in [0, 0.1) is 0 Å². The Balaban J connectivity index is 2.29. The van der Waals surface area contributed by atoms with Crippen molar-refractivity contribution in [2.75, 3.05) is 21.2 Å². The van der Waals surface area contributed by atoms with E-state index in [9.17, 15) is 23.4 Å². The lowest BCUT2D eigenvalue weighted by Crippen LogP contribution is -2.13. The van der Waals surface area contributed by atoms with Gasteiger partial charge in [-0.3, -0.25) is 0 Å². The van der Waals surface area contributed by atoms with Crippen molar-refractivity contribution < 1.29 is 28.2 Å². The molecule has 166 valence electrons. The Kier molecular flexibility index (Phi) is 6.35. The summed E-state index contributed by atoms with van der Waals surface area (Å²) in [6.45, 7) is 0.272. The SMILES string of the molecule is COc1cccc(S(=O)(=O)Cc2c(C(=O)O)c3c(CN(C)C)c(O)c(Br)cc3n2C)c1. The maximum atomic E-state index is 13.1. The van der Waals surface area contributed by atoms with Gasteiger partial charge in [0.2, 0.25) is 0 Å². The number of methoxy groups -OCH3 is 1. The lowest BCUT2D eigenvalue weighted by molar-refractivity contribution is 0.0697. The van der Waals surface area contributed by atoms with Crippen LogP contribution in [-0.4, -0.2) is 55.3 Å². The van der Waals surface area contributed by atoms with Crippen LogP contribution in [0.5, 0.6) is 11.5 Å². The third-order valence-electron chi connectivity index (χ3n) is 5.05. The zero-order chi connectivity index (χ0) is 23.1. The maximum Gasteiger partial charge on any atom is 0.338 e. The number of carboxylic acid groups (broad SMARTS) is 1. The molecule has 2 N–H and O–H groups in total. The van der Waals surface area contributed by atoms with Crippen molar-refractivity contribution in [2.24, 2.45) is 7.05 Å². The minimum Gasteiger partial charge on any atom is -0.506 e. The molecule has 0 aliphatic carbocycles. The number of nitrogens with zero attached hydrogens (tertiary/aromatic N) is 2. The lowest BCUT2D eigenvalue weighted by Gasteiger charge is -2.14. The third-order valence-corrected chi connectivity index (χ3v) is 7.28. The standard InChI is InChI=1S/C21H23BrN2O6S/c1-23(2)10-14-18-16(9-15(22)20(14)25)24(3)17(19(18)21(26)27)11-31(28,29)13-7-5-6-12(8-13)30-4/h5-9,25H,10-11H2,1-4H3,(H,26,27). The zero-order valence-electron chi connectivity index (χ0n) is 17.5. The molecule has 0 fully saturated rings. The molecule has 0 saturated carbocycles. The van der Waals surface area contributed by atoms with Crippen molar-refractivity contribution in [3.05, 3.63) is 51.6 Å². The van der Waals surface area contributed by atoms with Crippen LogP contribution in [0.1, 0.15) is 21.6 Å². The van der Waals surface area contributed by atoms with Crippen molar-refractivity contribution in [1.82, 2.24) is 9.47 Å². The molecule has 0 saturated heterocycles. The highest BCUT2D eigenvalue weighted by Gasteiger charge is 2.29. The Hall–Kier alpha value is -2.56. The van der Waals surface area contributed by atoms with E-state index in [1.807, 2.05) is 0 Å². The van der Waals surface area contributed by atoms with Gasteiger partial charge in [0.25, 0.3) is 0 Å². The molecule has 0 aliphatic heterocycles. The van der Waals surface area contributed by atoms with Crippen molar-refractivity contribution in [3.8, 4) is 11.5 Å². The lowest BCUT2D eigenvalue weighted by atomic mass is 10.0. The predicted octanol–water partition coefficient (Wildman–Crippen LogP) is 3.39. The second-order valence-corrected chi connectivity index (χ2v) is 10.3. The van der Waals surface area contributed by atoms with Crippen LogP contribution in [0.15, 0.2) is 39.7 Å². The highest BCUT2D eigenvalue weighted by Crippen LogP contribution is 2.40. The van der Waals surface area contributed by atoms with Gasteiger partial charge in [-0.1, -0.05) is 6.07 Å². The number of benzene rings is 2. The molecule has 31 heavy (non-hydrogen) atoms. The Bertz CT molecular complexity index is 1280. The first-order chi connectivity index (χ1) is 14.5. The first kappa shape index (κ1) is 23.1. The molecule has 3 aromatic rings. The number of aromatic carboxylic acids is 1. The molecule has 0 bridgehead atoms. The van der Waals surface area contributed by atoms with E-state index in [1.165, 1.54) is 19.2 Å². The second-order valence-electron chi connectivity index (χ2n) is 7.44. The van der Waals surface area contributed by atoms with Gasteiger partial charge < -0.3 is 24.4 Å². The van der Waals surface area contributed by atoms with Crippen LogP contribution in [0.4, 0.5) is 0 Å². The molecule has 0 amide bonds. The van der Waals surface area contributed by atoms with E-state index < -0.39 is 21.6 Å². The zero-order valence-corrected chi connectivity index (χ0v) is 19.9. The van der Waals surface area contributed by atoms with E-state index in [0.29, 0.717) is 26.7 Å². The number of fused-ring (bicyclic) bond motifs is 1. The van der Waals surface area contributed by atoms with Crippen molar-refractivity contribution >= 4 is 42.6 Å². The van der Waals surface area contributed by atoms with Gasteiger partial charge >= 0.3 is 5.97 Å². The largest absolute Gasteiger partial charge is 0.506 e. The first-order valence-electron chi connectivity index (χ1n) is 9.24. The number of hydrogen-bond acceptors (Lipinski definition) is 6. The Morgan fingerprint density at radius 3 is 2.52 bits per heavy atom. The van der Waals surface area contributed by atoms with Crippen molar-refractivity contribution in [1.29, 1.82) is 0 Å². The summed E-state index contributed by atoms with van der Waals surface area (Å²) in [4.78, 5) is 14.1. The molecule has 3 rings (SSSR count). The van der Waals surface area contributed by atoms with Gasteiger partial charge in [0.1, 0.15) is 11.5 Å². The van der Waals surface area contributed by atoms with Crippen LogP contribution >= 0.6 is 15.9 Å². The number of carbonyl (C=O) groups is 1. The molecular formula is C21H23BrN2O6S. The Labute approximate surface area is 188 Å². The van der Waals surface area contributed by atoms with Gasteiger partial charge in [0, 0.05) is 30.2 Å². The van der Waals surface area contributed by atoms with E-state index in [0.717, 1.165) is 0 Å². The average molecular weight is 511 g/mol. The summed E-state index contributed by atoms with van der Waals surface area (Å²) < 4.78 is 33.3.